The Morgan fingerprint density at radius 3 is 2.74 bits per heavy atom. The Balaban J connectivity index is 2.25. The number of halogens is 3. The maximum absolute atomic E-state index is 13.0. The SMILES string of the molecule is Nc1cnc(Cl)c(C(=O)Nc2ccc(F)c(Cl)c2)c1. The highest BCUT2D eigenvalue weighted by molar-refractivity contribution is 6.33. The third-order valence-corrected chi connectivity index (χ3v) is 2.87. The molecule has 0 saturated heterocycles. The second kappa shape index (κ2) is 5.42. The van der Waals surface area contributed by atoms with Gasteiger partial charge in [-0.3, -0.25) is 4.79 Å². The average Bonchev–Trinajstić information content (AvgIpc) is 2.36. The summed E-state index contributed by atoms with van der Waals surface area (Å²) in [5, 5.41) is 2.46. The first-order chi connectivity index (χ1) is 8.97. The molecular weight excluding hydrogens is 292 g/mol. The van der Waals surface area contributed by atoms with Gasteiger partial charge in [0.1, 0.15) is 11.0 Å². The summed E-state index contributed by atoms with van der Waals surface area (Å²) in [5.74, 6) is -1.07. The molecule has 0 atom stereocenters. The van der Waals surface area contributed by atoms with Crippen molar-refractivity contribution in [2.45, 2.75) is 0 Å². The molecule has 0 saturated carbocycles. The van der Waals surface area contributed by atoms with E-state index in [4.69, 9.17) is 28.9 Å². The number of nitrogens with two attached hydrogens (primary N) is 1. The van der Waals surface area contributed by atoms with Crippen molar-refractivity contribution in [1.82, 2.24) is 4.98 Å². The first-order valence-corrected chi connectivity index (χ1v) is 5.90. The maximum atomic E-state index is 13.0. The Morgan fingerprint density at radius 1 is 1.32 bits per heavy atom. The van der Waals surface area contributed by atoms with Crippen molar-refractivity contribution in [2.24, 2.45) is 0 Å². The van der Waals surface area contributed by atoms with Gasteiger partial charge < -0.3 is 11.1 Å². The summed E-state index contributed by atoms with van der Waals surface area (Å²) in [5.41, 5.74) is 6.31. The number of nitrogens with zero attached hydrogens (tertiary/aromatic N) is 1. The van der Waals surface area contributed by atoms with E-state index in [2.05, 4.69) is 10.3 Å². The first kappa shape index (κ1) is 13.6. The minimum absolute atomic E-state index is 0.0277. The van der Waals surface area contributed by atoms with E-state index in [0.29, 0.717) is 11.4 Å². The summed E-state index contributed by atoms with van der Waals surface area (Å²) in [4.78, 5) is 15.7. The highest BCUT2D eigenvalue weighted by atomic mass is 35.5. The molecule has 4 nitrogen and oxygen atoms in total. The number of aromatic nitrogens is 1. The van der Waals surface area contributed by atoms with Crippen LogP contribution in [0.3, 0.4) is 0 Å². The van der Waals surface area contributed by atoms with Crippen molar-refractivity contribution >= 4 is 40.5 Å². The molecule has 2 rings (SSSR count). The molecule has 0 fully saturated rings. The molecule has 2 aromatic rings. The van der Waals surface area contributed by atoms with Crippen LogP contribution in [0.25, 0.3) is 0 Å². The molecule has 19 heavy (non-hydrogen) atoms. The average molecular weight is 300 g/mol. The number of carbonyl (C=O) groups excluding carboxylic acids is 1. The van der Waals surface area contributed by atoms with Crippen LogP contribution in [-0.2, 0) is 0 Å². The molecule has 0 aliphatic rings. The fourth-order valence-corrected chi connectivity index (χ4v) is 1.77. The summed E-state index contributed by atoms with van der Waals surface area (Å²) in [6.07, 6.45) is 1.34. The van der Waals surface area contributed by atoms with E-state index >= 15 is 0 Å². The van der Waals surface area contributed by atoms with Gasteiger partial charge in [-0.2, -0.15) is 0 Å². The lowest BCUT2D eigenvalue weighted by molar-refractivity contribution is 0.102. The lowest BCUT2D eigenvalue weighted by atomic mass is 10.2. The molecule has 1 aromatic carbocycles. The third-order valence-electron chi connectivity index (χ3n) is 2.28. The minimum Gasteiger partial charge on any atom is -0.397 e. The second-order valence-electron chi connectivity index (χ2n) is 3.69. The smallest absolute Gasteiger partial charge is 0.258 e. The third kappa shape index (κ3) is 3.13. The normalized spacial score (nSPS) is 10.3. The van der Waals surface area contributed by atoms with Crippen LogP contribution in [0.4, 0.5) is 15.8 Å². The topological polar surface area (TPSA) is 68.0 Å². The van der Waals surface area contributed by atoms with E-state index in [1.165, 1.54) is 24.4 Å². The van der Waals surface area contributed by atoms with E-state index in [0.717, 1.165) is 6.07 Å². The van der Waals surface area contributed by atoms with Gasteiger partial charge in [-0.05, 0) is 24.3 Å². The number of hydrogen-bond donors (Lipinski definition) is 2. The highest BCUT2D eigenvalue weighted by Gasteiger charge is 2.13. The van der Waals surface area contributed by atoms with Gasteiger partial charge in [-0.1, -0.05) is 23.2 Å². The van der Waals surface area contributed by atoms with Gasteiger partial charge in [0.15, 0.2) is 0 Å². The van der Waals surface area contributed by atoms with E-state index in [1.807, 2.05) is 0 Å². The van der Waals surface area contributed by atoms with Crippen LogP contribution in [0.15, 0.2) is 30.5 Å². The Labute approximate surface area is 118 Å². The number of pyridine rings is 1. The molecule has 0 spiro atoms. The molecule has 1 amide bonds. The van der Waals surface area contributed by atoms with Crippen LogP contribution in [-0.4, -0.2) is 10.9 Å². The zero-order valence-corrected chi connectivity index (χ0v) is 11.0. The number of anilines is 2. The zero-order chi connectivity index (χ0) is 14.0. The molecule has 0 aliphatic carbocycles. The number of benzene rings is 1. The number of hydrogen-bond acceptors (Lipinski definition) is 3. The number of nitrogens with one attached hydrogen (secondary N) is 1. The lowest BCUT2D eigenvalue weighted by Gasteiger charge is -2.07. The lowest BCUT2D eigenvalue weighted by Crippen LogP contribution is -2.13. The standard InChI is InChI=1S/C12H8Cl2FN3O/c13-9-4-7(1-2-10(9)15)18-12(19)8-3-6(16)5-17-11(8)14/h1-5H,16H2,(H,18,19). The van der Waals surface area contributed by atoms with E-state index in [9.17, 15) is 9.18 Å². The summed E-state index contributed by atoms with van der Waals surface area (Å²) in [6, 6.07) is 5.22. The molecule has 0 aliphatic heterocycles. The molecule has 98 valence electrons. The summed E-state index contributed by atoms with van der Waals surface area (Å²) < 4.78 is 13.0. The van der Waals surface area contributed by atoms with Gasteiger partial charge in [-0.25, -0.2) is 9.37 Å². The predicted molar refractivity (Wildman–Crippen MR) is 73.0 cm³/mol. The van der Waals surface area contributed by atoms with Crippen molar-refractivity contribution in [3.05, 3.63) is 52.0 Å². The van der Waals surface area contributed by atoms with Gasteiger partial charge in [0.2, 0.25) is 0 Å². The fraction of sp³-hybridized carbons (Fsp3) is 0. The van der Waals surface area contributed by atoms with Crippen LogP contribution >= 0.6 is 23.2 Å². The van der Waals surface area contributed by atoms with Gasteiger partial charge >= 0.3 is 0 Å². The summed E-state index contributed by atoms with van der Waals surface area (Å²) >= 11 is 11.4. The van der Waals surface area contributed by atoms with Crippen LogP contribution in [0.5, 0.6) is 0 Å². The predicted octanol–water partition coefficient (Wildman–Crippen LogP) is 3.36. The number of nitrogen functional groups attached to an aromatic ring is 1. The summed E-state index contributed by atoms with van der Waals surface area (Å²) in [6.45, 7) is 0. The van der Waals surface area contributed by atoms with Crippen LogP contribution in [0.2, 0.25) is 10.2 Å². The maximum Gasteiger partial charge on any atom is 0.258 e. The summed E-state index contributed by atoms with van der Waals surface area (Å²) in [7, 11) is 0. The molecule has 0 unspecified atom stereocenters. The second-order valence-corrected chi connectivity index (χ2v) is 4.46. The molecule has 7 heteroatoms. The van der Waals surface area contributed by atoms with Crippen molar-refractivity contribution < 1.29 is 9.18 Å². The monoisotopic (exact) mass is 299 g/mol. The minimum atomic E-state index is -0.566. The molecule has 3 N–H and O–H groups in total. The quantitative estimate of drug-likeness (QED) is 0.836. The number of amides is 1. The molecule has 0 radical (unpaired) electrons. The van der Waals surface area contributed by atoms with E-state index in [-0.39, 0.29) is 15.7 Å². The van der Waals surface area contributed by atoms with Gasteiger partial charge in [0.25, 0.3) is 5.91 Å². The van der Waals surface area contributed by atoms with Crippen molar-refractivity contribution in [3.63, 3.8) is 0 Å². The van der Waals surface area contributed by atoms with Crippen molar-refractivity contribution in [3.8, 4) is 0 Å². The Kier molecular flexibility index (Phi) is 3.87. The number of carbonyl (C=O) groups is 1. The molecule has 0 bridgehead atoms. The van der Waals surface area contributed by atoms with E-state index < -0.39 is 11.7 Å². The molecule has 1 aromatic heterocycles. The van der Waals surface area contributed by atoms with E-state index in [1.54, 1.807) is 0 Å². The van der Waals surface area contributed by atoms with Crippen LogP contribution in [0.1, 0.15) is 10.4 Å². The Hall–Kier alpha value is -1.85. The largest absolute Gasteiger partial charge is 0.397 e. The van der Waals surface area contributed by atoms with Crippen molar-refractivity contribution in [1.29, 1.82) is 0 Å². The van der Waals surface area contributed by atoms with Gasteiger partial charge in [0.05, 0.1) is 22.5 Å². The van der Waals surface area contributed by atoms with Gasteiger partial charge in [0, 0.05) is 5.69 Å². The Morgan fingerprint density at radius 2 is 2.05 bits per heavy atom. The Bertz CT molecular complexity index is 649. The first-order valence-electron chi connectivity index (χ1n) is 5.15. The zero-order valence-electron chi connectivity index (χ0n) is 9.45. The van der Waals surface area contributed by atoms with Crippen LogP contribution in [0, 0.1) is 5.82 Å². The van der Waals surface area contributed by atoms with Gasteiger partial charge in [-0.15, -0.1) is 0 Å². The highest BCUT2D eigenvalue weighted by Crippen LogP contribution is 2.21. The fourth-order valence-electron chi connectivity index (χ4n) is 1.40. The van der Waals surface area contributed by atoms with Crippen LogP contribution < -0.4 is 11.1 Å². The number of rotatable bonds is 2. The molecular formula is C12H8Cl2FN3O. The van der Waals surface area contributed by atoms with Crippen molar-refractivity contribution in [2.75, 3.05) is 11.1 Å². The molecule has 1 heterocycles.